The van der Waals surface area contributed by atoms with Gasteiger partial charge in [0.05, 0.1) is 31.0 Å². The summed E-state index contributed by atoms with van der Waals surface area (Å²) >= 11 is 0. The molecule has 352 valence electrons. The van der Waals surface area contributed by atoms with Crippen LogP contribution in [0.3, 0.4) is 0 Å². The number of hydrogen-bond acceptors (Lipinski definition) is 10. The highest BCUT2D eigenvalue weighted by atomic mass is 16.5. The molecule has 2 aliphatic carbocycles. The zero-order valence-corrected chi connectivity index (χ0v) is 39.9. The number of ether oxygens (including phenoxy) is 5. The molecule has 0 radical (unpaired) electrons. The number of carbonyl (C=O) groups excluding carboxylic acids is 4. The van der Waals surface area contributed by atoms with Crippen molar-refractivity contribution in [3.8, 4) is 0 Å². The lowest BCUT2D eigenvalue weighted by Crippen LogP contribution is -2.61. The molecule has 2 bridgehead atoms. The average molecular weight is 878 g/mol. The molecule has 5 rings (SSSR count). The third kappa shape index (κ3) is 13.0. The molecule has 11 nitrogen and oxygen atoms in total. The van der Waals surface area contributed by atoms with E-state index in [2.05, 4.69) is 45.1 Å². The van der Waals surface area contributed by atoms with Gasteiger partial charge < -0.3 is 33.7 Å². The minimum Gasteiger partial charge on any atom is -0.456 e. The Morgan fingerprint density at radius 1 is 0.889 bits per heavy atom. The van der Waals surface area contributed by atoms with Gasteiger partial charge in [-0.3, -0.25) is 14.4 Å². The van der Waals surface area contributed by atoms with Gasteiger partial charge in [0.1, 0.15) is 23.5 Å². The summed E-state index contributed by atoms with van der Waals surface area (Å²) in [5, 5.41) is 12.3. The van der Waals surface area contributed by atoms with Crippen LogP contribution in [-0.4, -0.2) is 103 Å². The number of Topliss-reactive ketones (excluding diaryl/α,β-unsaturated/α-hetero) is 2. The summed E-state index contributed by atoms with van der Waals surface area (Å²) in [6.07, 6.45) is 11.2. The quantitative estimate of drug-likeness (QED) is 0.138. The first kappa shape index (κ1) is 50.8. The monoisotopic (exact) mass is 878 g/mol. The Morgan fingerprint density at radius 2 is 1.59 bits per heavy atom. The second-order valence-corrected chi connectivity index (χ2v) is 19.7. The van der Waals surface area contributed by atoms with Crippen molar-refractivity contribution in [1.82, 2.24) is 4.90 Å². The van der Waals surface area contributed by atoms with E-state index < -0.39 is 41.3 Å². The Labute approximate surface area is 378 Å². The number of nitrogens with zero attached hydrogens (tertiary/aromatic N) is 1. The molecule has 2 aliphatic heterocycles. The summed E-state index contributed by atoms with van der Waals surface area (Å²) in [7, 11) is 5.01. The number of hydrogen-bond donors (Lipinski definition) is 1. The number of aliphatic hydroxyl groups is 1. The minimum atomic E-state index is -1.97. The number of piperidine rings is 1. The van der Waals surface area contributed by atoms with Crippen LogP contribution >= 0.6 is 0 Å². The second kappa shape index (κ2) is 23.8. The molecule has 1 aromatic rings. The Bertz CT molecular complexity index is 1730. The van der Waals surface area contributed by atoms with E-state index in [1.807, 2.05) is 32.0 Å². The molecule has 63 heavy (non-hydrogen) atoms. The molecular weight excluding hydrogens is 799 g/mol. The van der Waals surface area contributed by atoms with E-state index in [1.165, 1.54) is 4.90 Å². The van der Waals surface area contributed by atoms with Crippen molar-refractivity contribution in [2.24, 2.45) is 35.5 Å². The van der Waals surface area contributed by atoms with Crippen molar-refractivity contribution in [1.29, 1.82) is 0 Å². The predicted molar refractivity (Wildman–Crippen MR) is 244 cm³/mol. The number of rotatable bonds is 10. The van der Waals surface area contributed by atoms with E-state index in [0.717, 1.165) is 55.2 Å². The van der Waals surface area contributed by atoms with Crippen LogP contribution in [0.5, 0.6) is 0 Å². The van der Waals surface area contributed by atoms with Crippen molar-refractivity contribution in [2.45, 2.75) is 180 Å². The summed E-state index contributed by atoms with van der Waals surface area (Å²) < 4.78 is 30.9. The fourth-order valence-corrected chi connectivity index (χ4v) is 11.2. The Hall–Kier alpha value is -3.22. The predicted octanol–water partition coefficient (Wildman–Crippen LogP) is 8.78. The number of carbonyl (C=O) groups is 4. The van der Waals surface area contributed by atoms with Crippen molar-refractivity contribution < 1.29 is 48.0 Å². The zero-order chi connectivity index (χ0) is 45.8. The Morgan fingerprint density at radius 3 is 2.27 bits per heavy atom. The maximum Gasteiger partial charge on any atom is 0.329 e. The van der Waals surface area contributed by atoms with E-state index in [1.54, 1.807) is 28.3 Å². The first-order chi connectivity index (χ1) is 30.1. The number of esters is 1. The lowest BCUT2D eigenvalue weighted by Gasteiger charge is -2.47. The molecule has 2 heterocycles. The van der Waals surface area contributed by atoms with Gasteiger partial charge >= 0.3 is 5.97 Å². The van der Waals surface area contributed by atoms with Crippen LogP contribution in [0.1, 0.15) is 137 Å². The van der Waals surface area contributed by atoms with Gasteiger partial charge in [-0.2, -0.15) is 0 Å². The van der Waals surface area contributed by atoms with Gasteiger partial charge in [0.15, 0.2) is 0 Å². The highest BCUT2D eigenvalue weighted by molar-refractivity contribution is 6.39. The zero-order valence-electron chi connectivity index (χ0n) is 39.9. The van der Waals surface area contributed by atoms with Crippen molar-refractivity contribution in [3.05, 3.63) is 59.2 Å². The molecule has 1 saturated heterocycles. The molecule has 0 aromatic heterocycles. The molecule has 4 aliphatic rings. The molecule has 1 N–H and O–H groups in total. The molecular formula is C52H79NO10. The molecule has 2 saturated carbocycles. The summed E-state index contributed by atoms with van der Waals surface area (Å²) in [5.74, 6) is -3.16. The summed E-state index contributed by atoms with van der Waals surface area (Å²) in [5.41, 5.74) is 1.18. The van der Waals surface area contributed by atoms with Crippen molar-refractivity contribution in [2.75, 3.05) is 27.9 Å². The first-order valence-corrected chi connectivity index (χ1v) is 24.0. The van der Waals surface area contributed by atoms with Gasteiger partial charge in [0.25, 0.3) is 11.7 Å². The minimum absolute atomic E-state index is 0.00188. The van der Waals surface area contributed by atoms with E-state index in [0.29, 0.717) is 51.6 Å². The molecule has 0 spiro atoms. The van der Waals surface area contributed by atoms with Gasteiger partial charge in [-0.15, -0.1) is 0 Å². The maximum atomic E-state index is 14.5. The lowest BCUT2D eigenvalue weighted by atomic mass is 9.65. The van der Waals surface area contributed by atoms with Crippen LogP contribution in [0.25, 0.3) is 0 Å². The van der Waals surface area contributed by atoms with Gasteiger partial charge in [-0.05, 0) is 126 Å². The highest BCUT2D eigenvalue weighted by Gasteiger charge is 2.55. The van der Waals surface area contributed by atoms with E-state index in [-0.39, 0.29) is 72.8 Å². The topological polar surface area (TPSA) is 138 Å². The lowest BCUT2D eigenvalue weighted by molar-refractivity contribution is -0.178. The van der Waals surface area contributed by atoms with Crippen LogP contribution in [-0.2, 0) is 49.5 Å². The van der Waals surface area contributed by atoms with Gasteiger partial charge in [0, 0.05) is 46.1 Å². The van der Waals surface area contributed by atoms with Gasteiger partial charge in [0.2, 0.25) is 0 Å². The Kier molecular flexibility index (Phi) is 19.2. The number of ketones is 2. The van der Waals surface area contributed by atoms with E-state index in [9.17, 15) is 24.3 Å². The summed E-state index contributed by atoms with van der Waals surface area (Å²) in [6.45, 7) is 12.9. The third-order valence-corrected chi connectivity index (χ3v) is 14.9. The number of amides is 1. The summed E-state index contributed by atoms with van der Waals surface area (Å²) in [4.78, 5) is 58.8. The Balaban J connectivity index is 1.46. The largest absolute Gasteiger partial charge is 0.456 e. The fraction of sp³-hybridized carbons (Fsp3) is 0.731. The normalized spacial score (nSPS) is 37.0. The molecule has 11 heteroatoms. The molecule has 3 fully saturated rings. The molecule has 13 atom stereocenters. The van der Waals surface area contributed by atoms with E-state index in [4.69, 9.17) is 23.7 Å². The van der Waals surface area contributed by atoms with Gasteiger partial charge in [-0.1, -0.05) is 82.2 Å². The first-order valence-electron chi connectivity index (χ1n) is 24.0. The number of allylic oxidation sites excluding steroid dienone is 3. The molecule has 1 amide bonds. The van der Waals surface area contributed by atoms with Gasteiger partial charge in [-0.25, -0.2) is 4.79 Å². The standard InChI is InChI=1S/C52H79NO10/c1-10-16-40-26-33(2)25-34(3)27-45(59-7)41-31-52(58,37(6)29-46(41)60-8)49(55)50(56)53-24-15-14-19-42(53)51(57)63-48(35(4)20-22-43(40)54)36(5)28-39-21-23-44(47(30-39)61-9)62-32-38-17-12-11-13-18-38/h11-13,17-18,26,28,34-35,37,39-42,44-48,58H,10,14-16,19-25,27,29-32H2,1-9H3/b33-26+,36-28+. The van der Waals surface area contributed by atoms with Crippen LogP contribution < -0.4 is 0 Å². The average Bonchev–Trinajstić information content (AvgIpc) is 3.28. The SMILES string of the molecule is CCCC1/C=C(\C)CC(C)CC(OC)C2CC(O)(C(=O)C(=O)N3CCCCC3C(=O)OC(/C(C)=C/C3CCC(OCc4ccccc4)C(OC)C3)C(C)CCC1=O)C(C)CC2OC. The number of benzene rings is 1. The van der Waals surface area contributed by atoms with Crippen molar-refractivity contribution in [3.63, 3.8) is 0 Å². The highest BCUT2D eigenvalue weighted by Crippen LogP contribution is 2.43. The molecule has 13 unspecified atom stereocenters. The third-order valence-electron chi connectivity index (χ3n) is 14.9. The number of cyclic esters (lactones) is 1. The smallest absolute Gasteiger partial charge is 0.329 e. The number of fused-ring (bicyclic) bond motifs is 3. The van der Waals surface area contributed by atoms with Crippen LogP contribution in [0.2, 0.25) is 0 Å². The van der Waals surface area contributed by atoms with E-state index >= 15 is 0 Å². The van der Waals surface area contributed by atoms with Crippen molar-refractivity contribution >= 4 is 23.4 Å². The van der Waals surface area contributed by atoms with Crippen LogP contribution in [0.15, 0.2) is 53.6 Å². The molecule has 1 aromatic carbocycles. The maximum absolute atomic E-state index is 14.5. The number of methoxy groups -OCH3 is 3. The fourth-order valence-electron chi connectivity index (χ4n) is 11.2. The summed E-state index contributed by atoms with van der Waals surface area (Å²) in [6, 6.07) is 9.14. The second-order valence-electron chi connectivity index (χ2n) is 19.7. The van der Waals surface area contributed by atoms with Crippen LogP contribution in [0, 0.1) is 35.5 Å². The van der Waals surface area contributed by atoms with Crippen LogP contribution in [0.4, 0.5) is 0 Å².